The van der Waals surface area contributed by atoms with Crippen molar-refractivity contribution >= 4 is 11.8 Å². The van der Waals surface area contributed by atoms with Gasteiger partial charge in [-0.3, -0.25) is 14.5 Å². The Kier molecular flexibility index (Phi) is 7.29. The predicted octanol–water partition coefficient (Wildman–Crippen LogP) is 2.79. The van der Waals surface area contributed by atoms with E-state index in [1.54, 1.807) is 0 Å². The monoisotopic (exact) mass is 351 g/mol. The molecule has 2 amide bonds. The minimum atomic E-state index is -0.163. The van der Waals surface area contributed by atoms with Crippen molar-refractivity contribution in [3.05, 3.63) is 0 Å². The number of piperazine rings is 1. The molecule has 2 fully saturated rings. The molecular weight excluding hydrogens is 314 g/mol. The van der Waals surface area contributed by atoms with Gasteiger partial charge >= 0.3 is 0 Å². The smallest absolute Gasteiger partial charge is 0.237 e. The highest BCUT2D eigenvalue weighted by Crippen LogP contribution is 2.28. The number of nitrogens with zero attached hydrogens (tertiary/aromatic N) is 2. The Balaban J connectivity index is 1.72. The van der Waals surface area contributed by atoms with Gasteiger partial charge in [0, 0.05) is 38.1 Å². The lowest BCUT2D eigenvalue weighted by Gasteiger charge is -2.38. The Labute approximate surface area is 153 Å². The molecule has 1 N–H and O–H groups in total. The first-order valence-corrected chi connectivity index (χ1v) is 10.2. The van der Waals surface area contributed by atoms with Gasteiger partial charge in [-0.2, -0.15) is 0 Å². The molecule has 1 saturated heterocycles. The molecule has 1 heterocycles. The van der Waals surface area contributed by atoms with Crippen LogP contribution in [0.15, 0.2) is 0 Å². The van der Waals surface area contributed by atoms with Crippen molar-refractivity contribution in [3.63, 3.8) is 0 Å². The molecule has 0 aromatic rings. The molecule has 144 valence electrons. The Morgan fingerprint density at radius 1 is 1.12 bits per heavy atom. The second kappa shape index (κ2) is 9.02. The largest absolute Gasteiger partial charge is 0.350 e. The molecule has 1 atom stereocenters. The molecule has 5 heteroatoms. The summed E-state index contributed by atoms with van der Waals surface area (Å²) in [7, 11) is 0. The first kappa shape index (κ1) is 20.2. The van der Waals surface area contributed by atoms with E-state index in [1.807, 2.05) is 11.8 Å². The van der Waals surface area contributed by atoms with E-state index in [0.717, 1.165) is 44.9 Å². The van der Waals surface area contributed by atoms with Gasteiger partial charge < -0.3 is 10.2 Å². The van der Waals surface area contributed by atoms with Gasteiger partial charge in [0.05, 0.1) is 6.04 Å². The van der Waals surface area contributed by atoms with Crippen LogP contribution in [0.5, 0.6) is 0 Å². The van der Waals surface area contributed by atoms with Gasteiger partial charge in [0.15, 0.2) is 0 Å². The SMILES string of the molecule is CCC(C)(C)NC(=O)C(C)N1CCN(C(=O)CCC2CCCC2)CC1. The summed E-state index contributed by atoms with van der Waals surface area (Å²) in [4.78, 5) is 29.1. The van der Waals surface area contributed by atoms with Crippen molar-refractivity contribution in [3.8, 4) is 0 Å². The zero-order chi connectivity index (χ0) is 18.4. The summed E-state index contributed by atoms with van der Waals surface area (Å²) in [5.74, 6) is 1.17. The van der Waals surface area contributed by atoms with Crippen LogP contribution in [0.3, 0.4) is 0 Å². The van der Waals surface area contributed by atoms with Crippen LogP contribution in [0.4, 0.5) is 0 Å². The van der Waals surface area contributed by atoms with Crippen molar-refractivity contribution in [1.29, 1.82) is 0 Å². The van der Waals surface area contributed by atoms with E-state index >= 15 is 0 Å². The molecule has 0 spiro atoms. The molecule has 0 aromatic heterocycles. The topological polar surface area (TPSA) is 52.7 Å². The molecule has 25 heavy (non-hydrogen) atoms. The number of hydrogen-bond acceptors (Lipinski definition) is 3. The minimum absolute atomic E-state index is 0.0906. The van der Waals surface area contributed by atoms with E-state index in [9.17, 15) is 9.59 Å². The molecule has 5 nitrogen and oxygen atoms in total. The van der Waals surface area contributed by atoms with Crippen LogP contribution < -0.4 is 5.32 Å². The quantitative estimate of drug-likeness (QED) is 0.767. The second-order valence-corrected chi connectivity index (χ2v) is 8.51. The van der Waals surface area contributed by atoms with E-state index in [0.29, 0.717) is 12.3 Å². The number of carbonyl (C=O) groups is 2. The molecule has 0 aromatic carbocycles. The summed E-state index contributed by atoms with van der Waals surface area (Å²) in [6, 6.07) is -0.137. The molecular formula is C20H37N3O2. The predicted molar refractivity (Wildman–Crippen MR) is 101 cm³/mol. The minimum Gasteiger partial charge on any atom is -0.350 e. The van der Waals surface area contributed by atoms with Crippen LogP contribution in [-0.2, 0) is 9.59 Å². The summed E-state index contributed by atoms with van der Waals surface area (Å²) in [6.45, 7) is 11.2. The van der Waals surface area contributed by atoms with E-state index < -0.39 is 0 Å². The van der Waals surface area contributed by atoms with Crippen LogP contribution in [0.1, 0.15) is 72.6 Å². The Morgan fingerprint density at radius 2 is 1.72 bits per heavy atom. The van der Waals surface area contributed by atoms with Gasteiger partial charge in [0.25, 0.3) is 0 Å². The van der Waals surface area contributed by atoms with Gasteiger partial charge in [0.1, 0.15) is 0 Å². The zero-order valence-electron chi connectivity index (χ0n) is 16.6. The third-order valence-corrected chi connectivity index (χ3v) is 6.18. The Morgan fingerprint density at radius 3 is 2.28 bits per heavy atom. The molecule has 2 aliphatic rings. The van der Waals surface area contributed by atoms with Crippen molar-refractivity contribution in [2.24, 2.45) is 5.92 Å². The lowest BCUT2D eigenvalue weighted by atomic mass is 10.0. The van der Waals surface area contributed by atoms with Crippen LogP contribution in [-0.4, -0.2) is 59.4 Å². The summed E-state index contributed by atoms with van der Waals surface area (Å²) in [6.07, 6.45) is 7.96. The molecule has 2 rings (SSSR count). The van der Waals surface area contributed by atoms with Gasteiger partial charge in [-0.1, -0.05) is 32.6 Å². The lowest BCUT2D eigenvalue weighted by Crippen LogP contribution is -2.57. The van der Waals surface area contributed by atoms with Crippen LogP contribution in [0.2, 0.25) is 0 Å². The first-order chi connectivity index (χ1) is 11.8. The molecule has 0 radical (unpaired) electrons. The van der Waals surface area contributed by atoms with Gasteiger partial charge in [0.2, 0.25) is 11.8 Å². The molecule has 1 aliphatic heterocycles. The number of rotatable bonds is 7. The van der Waals surface area contributed by atoms with E-state index in [4.69, 9.17) is 0 Å². The Bertz CT molecular complexity index is 450. The van der Waals surface area contributed by atoms with Gasteiger partial charge in [-0.15, -0.1) is 0 Å². The number of amides is 2. The standard InChI is InChI=1S/C20H37N3O2/c1-5-20(3,4)21-19(25)16(2)22-12-14-23(15-13-22)18(24)11-10-17-8-6-7-9-17/h16-17H,5-15H2,1-4H3,(H,21,25). The third kappa shape index (κ3) is 5.98. The van der Waals surface area contributed by atoms with Gasteiger partial charge in [-0.05, 0) is 39.5 Å². The fourth-order valence-corrected chi connectivity index (χ4v) is 3.84. The number of carbonyl (C=O) groups excluding carboxylic acids is 2. The average molecular weight is 352 g/mol. The maximum Gasteiger partial charge on any atom is 0.237 e. The first-order valence-electron chi connectivity index (χ1n) is 10.2. The highest BCUT2D eigenvalue weighted by atomic mass is 16.2. The Hall–Kier alpha value is -1.10. The normalized spacial score (nSPS) is 21.4. The van der Waals surface area contributed by atoms with Crippen molar-refractivity contribution in [2.75, 3.05) is 26.2 Å². The van der Waals surface area contributed by atoms with Crippen LogP contribution >= 0.6 is 0 Å². The fraction of sp³-hybridized carbons (Fsp3) is 0.900. The lowest BCUT2D eigenvalue weighted by molar-refractivity contribution is -0.134. The van der Waals surface area contributed by atoms with Crippen molar-refractivity contribution < 1.29 is 9.59 Å². The summed E-state index contributed by atoms with van der Waals surface area (Å²) in [5, 5.41) is 3.13. The van der Waals surface area contributed by atoms with Crippen molar-refractivity contribution in [2.45, 2.75) is 84.2 Å². The fourth-order valence-electron chi connectivity index (χ4n) is 3.84. The second-order valence-electron chi connectivity index (χ2n) is 8.51. The molecule has 1 saturated carbocycles. The third-order valence-electron chi connectivity index (χ3n) is 6.18. The number of nitrogens with one attached hydrogen (secondary N) is 1. The highest BCUT2D eigenvalue weighted by molar-refractivity contribution is 5.82. The summed E-state index contributed by atoms with van der Waals surface area (Å²) in [5.41, 5.74) is -0.163. The van der Waals surface area contributed by atoms with Crippen LogP contribution in [0.25, 0.3) is 0 Å². The summed E-state index contributed by atoms with van der Waals surface area (Å²) >= 11 is 0. The summed E-state index contributed by atoms with van der Waals surface area (Å²) < 4.78 is 0. The number of hydrogen-bond donors (Lipinski definition) is 1. The van der Waals surface area contributed by atoms with Crippen LogP contribution in [0, 0.1) is 5.92 Å². The maximum absolute atomic E-state index is 12.4. The molecule has 1 unspecified atom stereocenters. The zero-order valence-corrected chi connectivity index (χ0v) is 16.6. The van der Waals surface area contributed by atoms with E-state index in [-0.39, 0.29) is 17.5 Å². The highest BCUT2D eigenvalue weighted by Gasteiger charge is 2.29. The average Bonchev–Trinajstić information content (AvgIpc) is 3.12. The van der Waals surface area contributed by atoms with E-state index in [2.05, 4.69) is 31.0 Å². The maximum atomic E-state index is 12.4. The van der Waals surface area contributed by atoms with E-state index in [1.165, 1.54) is 25.7 Å². The molecule has 1 aliphatic carbocycles. The molecule has 0 bridgehead atoms. The van der Waals surface area contributed by atoms with Gasteiger partial charge in [-0.25, -0.2) is 0 Å². The van der Waals surface area contributed by atoms with Crippen molar-refractivity contribution in [1.82, 2.24) is 15.1 Å².